The molecule has 1 fully saturated rings. The molecule has 3 N–H and O–H groups in total. The summed E-state index contributed by atoms with van der Waals surface area (Å²) in [7, 11) is -3.75. The Kier molecular flexibility index (Phi) is 5.69. The van der Waals surface area contributed by atoms with Gasteiger partial charge in [-0.2, -0.15) is 0 Å². The maximum atomic E-state index is 13.3. The Labute approximate surface area is 124 Å². The molecule has 1 aliphatic heterocycles. The first-order valence-corrected chi connectivity index (χ1v) is 8.61. The van der Waals surface area contributed by atoms with Crippen LogP contribution in [0.4, 0.5) is 4.39 Å². The molecule has 0 aliphatic carbocycles. The fourth-order valence-electron chi connectivity index (χ4n) is 2.41. The SMILES string of the molecule is NCc1ccc(F)cc1S(=O)(=O)NCCC1CCCCO1. The molecular weight excluding hydrogens is 295 g/mol. The zero-order chi connectivity index (χ0) is 15.3. The van der Waals surface area contributed by atoms with Gasteiger partial charge in [-0.05, 0) is 43.4 Å². The van der Waals surface area contributed by atoms with Crippen LogP contribution in [0.2, 0.25) is 0 Å². The Morgan fingerprint density at radius 1 is 1.38 bits per heavy atom. The van der Waals surface area contributed by atoms with E-state index in [-0.39, 0.29) is 24.1 Å². The van der Waals surface area contributed by atoms with Crippen LogP contribution in [-0.4, -0.2) is 27.7 Å². The highest BCUT2D eigenvalue weighted by Crippen LogP contribution is 2.18. The highest BCUT2D eigenvalue weighted by Gasteiger charge is 2.20. The van der Waals surface area contributed by atoms with E-state index in [2.05, 4.69) is 4.72 Å². The molecule has 1 saturated heterocycles. The second-order valence-electron chi connectivity index (χ2n) is 5.13. The molecule has 1 aromatic rings. The Balaban J connectivity index is 1.99. The number of halogens is 1. The van der Waals surface area contributed by atoms with Crippen molar-refractivity contribution >= 4 is 10.0 Å². The van der Waals surface area contributed by atoms with Gasteiger partial charge in [0.25, 0.3) is 0 Å². The van der Waals surface area contributed by atoms with E-state index in [1.807, 2.05) is 0 Å². The number of sulfonamides is 1. The predicted molar refractivity (Wildman–Crippen MR) is 77.7 cm³/mol. The van der Waals surface area contributed by atoms with Crippen LogP contribution in [-0.2, 0) is 21.3 Å². The Hall–Kier alpha value is -1.02. The molecular formula is C14H21FN2O3S. The third kappa shape index (κ3) is 4.47. The van der Waals surface area contributed by atoms with Crippen molar-refractivity contribution in [2.24, 2.45) is 5.73 Å². The lowest BCUT2D eigenvalue weighted by molar-refractivity contribution is 0.0123. The molecule has 1 unspecified atom stereocenters. The lowest BCUT2D eigenvalue weighted by atomic mass is 10.1. The van der Waals surface area contributed by atoms with Crippen molar-refractivity contribution in [3.05, 3.63) is 29.6 Å². The molecule has 1 aromatic carbocycles. The maximum Gasteiger partial charge on any atom is 0.240 e. The van der Waals surface area contributed by atoms with Gasteiger partial charge in [-0.15, -0.1) is 0 Å². The van der Waals surface area contributed by atoms with Crippen LogP contribution in [0.3, 0.4) is 0 Å². The van der Waals surface area contributed by atoms with Crippen LogP contribution in [0, 0.1) is 5.82 Å². The zero-order valence-corrected chi connectivity index (χ0v) is 12.7. The molecule has 2 rings (SSSR count). The molecule has 0 saturated carbocycles. The summed E-state index contributed by atoms with van der Waals surface area (Å²) < 4.78 is 45.8. The smallest absolute Gasteiger partial charge is 0.240 e. The minimum absolute atomic E-state index is 0.0439. The number of ether oxygens (including phenoxy) is 1. The first-order valence-electron chi connectivity index (χ1n) is 7.12. The minimum Gasteiger partial charge on any atom is -0.378 e. The molecule has 7 heteroatoms. The quantitative estimate of drug-likeness (QED) is 0.834. The lowest BCUT2D eigenvalue weighted by Gasteiger charge is -2.22. The van der Waals surface area contributed by atoms with E-state index in [1.165, 1.54) is 12.1 Å². The van der Waals surface area contributed by atoms with Crippen LogP contribution in [0.1, 0.15) is 31.2 Å². The van der Waals surface area contributed by atoms with Crippen molar-refractivity contribution in [1.29, 1.82) is 0 Å². The van der Waals surface area contributed by atoms with Crippen molar-refractivity contribution in [1.82, 2.24) is 4.72 Å². The fraction of sp³-hybridized carbons (Fsp3) is 0.571. The van der Waals surface area contributed by atoms with E-state index in [4.69, 9.17) is 10.5 Å². The Morgan fingerprint density at radius 3 is 2.86 bits per heavy atom. The zero-order valence-electron chi connectivity index (χ0n) is 11.8. The molecule has 0 bridgehead atoms. The first kappa shape index (κ1) is 16.4. The third-order valence-electron chi connectivity index (χ3n) is 3.57. The van der Waals surface area contributed by atoms with Crippen molar-refractivity contribution < 1.29 is 17.5 Å². The maximum absolute atomic E-state index is 13.3. The number of nitrogens with two attached hydrogens (primary N) is 1. The minimum atomic E-state index is -3.75. The van der Waals surface area contributed by atoms with Crippen molar-refractivity contribution in [3.63, 3.8) is 0 Å². The average molecular weight is 316 g/mol. The number of benzene rings is 1. The monoisotopic (exact) mass is 316 g/mol. The van der Waals surface area contributed by atoms with Gasteiger partial charge >= 0.3 is 0 Å². The fourth-order valence-corrected chi connectivity index (χ4v) is 3.72. The highest BCUT2D eigenvalue weighted by molar-refractivity contribution is 7.89. The molecule has 1 aliphatic rings. The summed E-state index contributed by atoms with van der Waals surface area (Å²) in [4.78, 5) is -0.0884. The Morgan fingerprint density at radius 2 is 2.19 bits per heavy atom. The van der Waals surface area contributed by atoms with E-state index in [1.54, 1.807) is 0 Å². The van der Waals surface area contributed by atoms with Gasteiger partial charge in [0.05, 0.1) is 11.0 Å². The van der Waals surface area contributed by atoms with E-state index in [9.17, 15) is 12.8 Å². The van der Waals surface area contributed by atoms with Crippen LogP contribution in [0.25, 0.3) is 0 Å². The average Bonchev–Trinajstić information content (AvgIpc) is 2.48. The molecule has 118 valence electrons. The van der Waals surface area contributed by atoms with Gasteiger partial charge in [0, 0.05) is 19.7 Å². The van der Waals surface area contributed by atoms with E-state index < -0.39 is 15.8 Å². The van der Waals surface area contributed by atoms with Crippen LogP contribution >= 0.6 is 0 Å². The van der Waals surface area contributed by atoms with Gasteiger partial charge in [0.2, 0.25) is 10.0 Å². The number of hydrogen-bond donors (Lipinski definition) is 2. The summed E-state index contributed by atoms with van der Waals surface area (Å²) >= 11 is 0. The Bertz CT molecular complexity index is 572. The summed E-state index contributed by atoms with van der Waals surface area (Å²) in [5.41, 5.74) is 5.91. The van der Waals surface area contributed by atoms with Crippen molar-refractivity contribution in [3.8, 4) is 0 Å². The van der Waals surface area contributed by atoms with E-state index >= 15 is 0 Å². The number of rotatable bonds is 6. The van der Waals surface area contributed by atoms with Gasteiger partial charge in [-0.3, -0.25) is 0 Å². The lowest BCUT2D eigenvalue weighted by Crippen LogP contribution is -2.30. The van der Waals surface area contributed by atoms with Crippen LogP contribution in [0.15, 0.2) is 23.1 Å². The summed E-state index contributed by atoms with van der Waals surface area (Å²) in [5.74, 6) is -0.594. The van der Waals surface area contributed by atoms with Gasteiger partial charge in [-0.25, -0.2) is 17.5 Å². The van der Waals surface area contributed by atoms with Crippen molar-refractivity contribution in [2.75, 3.05) is 13.2 Å². The summed E-state index contributed by atoms with van der Waals surface area (Å²) in [6, 6.07) is 3.60. The van der Waals surface area contributed by atoms with Gasteiger partial charge in [-0.1, -0.05) is 6.07 Å². The van der Waals surface area contributed by atoms with Crippen LogP contribution in [0.5, 0.6) is 0 Å². The molecule has 0 radical (unpaired) electrons. The van der Waals surface area contributed by atoms with Crippen molar-refractivity contribution in [2.45, 2.75) is 43.2 Å². The summed E-state index contributed by atoms with van der Waals surface area (Å²) in [6.07, 6.45) is 3.84. The topological polar surface area (TPSA) is 81.4 Å². The van der Waals surface area contributed by atoms with E-state index in [0.29, 0.717) is 12.0 Å². The second kappa shape index (κ2) is 7.31. The molecule has 1 heterocycles. The predicted octanol–water partition coefficient (Wildman–Crippen LogP) is 1.52. The normalized spacial score (nSPS) is 19.6. The molecule has 0 amide bonds. The molecule has 21 heavy (non-hydrogen) atoms. The highest BCUT2D eigenvalue weighted by atomic mass is 32.2. The van der Waals surface area contributed by atoms with E-state index in [0.717, 1.165) is 31.9 Å². The standard InChI is InChI=1S/C14H21FN2O3S/c15-12-5-4-11(10-16)14(9-12)21(18,19)17-7-6-13-3-1-2-8-20-13/h4-5,9,13,17H,1-3,6-8,10,16H2. The van der Waals surface area contributed by atoms with Crippen LogP contribution < -0.4 is 10.5 Å². The molecule has 0 spiro atoms. The number of hydrogen-bond acceptors (Lipinski definition) is 4. The molecule has 0 aromatic heterocycles. The third-order valence-corrected chi connectivity index (χ3v) is 5.11. The summed E-state index contributed by atoms with van der Waals surface area (Å²) in [5, 5.41) is 0. The largest absolute Gasteiger partial charge is 0.378 e. The molecule has 1 atom stereocenters. The first-order chi connectivity index (χ1) is 10.0. The molecule has 5 nitrogen and oxygen atoms in total. The van der Waals surface area contributed by atoms with Gasteiger partial charge in [0.15, 0.2) is 0 Å². The van der Waals surface area contributed by atoms with Gasteiger partial charge in [0.1, 0.15) is 5.82 Å². The second-order valence-corrected chi connectivity index (χ2v) is 6.87. The van der Waals surface area contributed by atoms with Gasteiger partial charge < -0.3 is 10.5 Å². The summed E-state index contributed by atoms with van der Waals surface area (Å²) in [6.45, 7) is 1.05. The number of nitrogens with one attached hydrogen (secondary N) is 1.